The van der Waals surface area contributed by atoms with Gasteiger partial charge in [-0.15, -0.1) is 11.3 Å². The Morgan fingerprint density at radius 3 is 2.62 bits per heavy atom. The van der Waals surface area contributed by atoms with Crippen LogP contribution in [0.4, 0.5) is 5.00 Å². The Morgan fingerprint density at radius 2 is 1.95 bits per heavy atom. The fourth-order valence-electron chi connectivity index (χ4n) is 2.01. The molecule has 0 radical (unpaired) electrons. The summed E-state index contributed by atoms with van der Waals surface area (Å²) in [4.78, 5) is 24.1. The Kier molecular flexibility index (Phi) is 4.75. The average Bonchev–Trinajstić information content (AvgIpc) is 2.87. The summed E-state index contributed by atoms with van der Waals surface area (Å²) in [7, 11) is 0. The predicted octanol–water partition coefficient (Wildman–Crippen LogP) is 3.79. The third-order valence-electron chi connectivity index (χ3n) is 3.01. The molecule has 0 bridgehead atoms. The van der Waals surface area contributed by atoms with Gasteiger partial charge in [0, 0.05) is 5.56 Å². The number of carbonyl (C=O) groups excluding carboxylic acids is 2. The first-order valence-electron chi connectivity index (χ1n) is 6.66. The molecule has 21 heavy (non-hydrogen) atoms. The Balaban J connectivity index is 2.20. The van der Waals surface area contributed by atoms with E-state index in [1.54, 1.807) is 24.4 Å². The van der Waals surface area contributed by atoms with Crippen molar-refractivity contribution in [2.75, 3.05) is 11.9 Å². The van der Waals surface area contributed by atoms with Crippen molar-refractivity contribution in [3.63, 3.8) is 0 Å². The molecular formula is C16H17NO3S. The van der Waals surface area contributed by atoms with E-state index < -0.39 is 5.97 Å². The van der Waals surface area contributed by atoms with E-state index in [1.807, 2.05) is 26.0 Å². The van der Waals surface area contributed by atoms with Crippen molar-refractivity contribution in [3.8, 4) is 0 Å². The molecule has 5 heteroatoms. The molecule has 1 heterocycles. The summed E-state index contributed by atoms with van der Waals surface area (Å²) in [5, 5.41) is 5.05. The van der Waals surface area contributed by atoms with Gasteiger partial charge in [-0.1, -0.05) is 17.7 Å². The van der Waals surface area contributed by atoms with E-state index in [2.05, 4.69) is 5.32 Å². The van der Waals surface area contributed by atoms with E-state index in [4.69, 9.17) is 4.74 Å². The maximum Gasteiger partial charge on any atom is 0.341 e. The highest BCUT2D eigenvalue weighted by Gasteiger charge is 2.17. The van der Waals surface area contributed by atoms with Crippen LogP contribution in [0.1, 0.15) is 38.8 Å². The summed E-state index contributed by atoms with van der Waals surface area (Å²) in [6, 6.07) is 7.29. The van der Waals surface area contributed by atoms with Crippen LogP contribution in [0.25, 0.3) is 0 Å². The lowest BCUT2D eigenvalue weighted by atomic mass is 10.1. The second-order valence-corrected chi connectivity index (χ2v) is 5.57. The molecule has 0 fully saturated rings. The van der Waals surface area contributed by atoms with Crippen molar-refractivity contribution in [1.29, 1.82) is 0 Å². The van der Waals surface area contributed by atoms with E-state index in [-0.39, 0.29) is 5.91 Å². The summed E-state index contributed by atoms with van der Waals surface area (Å²) >= 11 is 1.30. The molecule has 0 aliphatic heterocycles. The van der Waals surface area contributed by atoms with Gasteiger partial charge in [0.15, 0.2) is 0 Å². The quantitative estimate of drug-likeness (QED) is 0.874. The highest BCUT2D eigenvalue weighted by Crippen LogP contribution is 2.25. The molecule has 0 spiro atoms. The first kappa shape index (κ1) is 15.3. The lowest BCUT2D eigenvalue weighted by Gasteiger charge is -2.08. The van der Waals surface area contributed by atoms with Crippen LogP contribution in [0, 0.1) is 13.8 Å². The van der Waals surface area contributed by atoms with Crippen LogP contribution < -0.4 is 5.32 Å². The minimum atomic E-state index is -0.422. The molecule has 1 N–H and O–H groups in total. The Hall–Kier alpha value is -2.14. The van der Waals surface area contributed by atoms with Gasteiger partial charge in [-0.25, -0.2) is 4.79 Å². The molecule has 0 aliphatic rings. The average molecular weight is 303 g/mol. The van der Waals surface area contributed by atoms with Crippen LogP contribution in [0.3, 0.4) is 0 Å². The van der Waals surface area contributed by atoms with Gasteiger partial charge in [0.1, 0.15) is 5.00 Å². The zero-order chi connectivity index (χ0) is 15.4. The van der Waals surface area contributed by atoms with Gasteiger partial charge < -0.3 is 10.1 Å². The van der Waals surface area contributed by atoms with Crippen LogP contribution in [0.15, 0.2) is 29.6 Å². The van der Waals surface area contributed by atoms with Gasteiger partial charge >= 0.3 is 5.97 Å². The lowest BCUT2D eigenvalue weighted by molar-refractivity contribution is 0.0528. The fourth-order valence-corrected chi connectivity index (χ4v) is 2.78. The zero-order valence-electron chi connectivity index (χ0n) is 12.2. The van der Waals surface area contributed by atoms with Crippen LogP contribution in [-0.4, -0.2) is 18.5 Å². The molecule has 0 atom stereocenters. The number of ether oxygens (including phenoxy) is 1. The van der Waals surface area contributed by atoms with Crippen molar-refractivity contribution >= 4 is 28.2 Å². The number of esters is 1. The highest BCUT2D eigenvalue weighted by molar-refractivity contribution is 7.14. The molecule has 4 nitrogen and oxygen atoms in total. The number of hydrogen-bond donors (Lipinski definition) is 1. The molecule has 0 saturated heterocycles. The maximum atomic E-state index is 12.3. The van der Waals surface area contributed by atoms with E-state index in [1.165, 1.54) is 11.3 Å². The van der Waals surface area contributed by atoms with E-state index in [0.29, 0.717) is 22.7 Å². The number of nitrogens with one attached hydrogen (secondary N) is 1. The molecule has 0 aliphatic carbocycles. The SMILES string of the molecule is CCOC(=O)c1ccsc1NC(=O)c1ccc(C)cc1C. The maximum absolute atomic E-state index is 12.3. The van der Waals surface area contributed by atoms with Crippen LogP contribution >= 0.6 is 11.3 Å². The summed E-state index contributed by atoms with van der Waals surface area (Å²) in [5.41, 5.74) is 3.00. The Labute approximate surface area is 127 Å². The van der Waals surface area contributed by atoms with Crippen LogP contribution in [-0.2, 0) is 4.74 Å². The molecule has 1 aromatic carbocycles. The molecular weight excluding hydrogens is 286 g/mol. The number of aryl methyl sites for hydroxylation is 2. The number of hydrogen-bond acceptors (Lipinski definition) is 4. The van der Waals surface area contributed by atoms with Crippen molar-refractivity contribution in [1.82, 2.24) is 0 Å². The Bertz CT molecular complexity index is 676. The largest absolute Gasteiger partial charge is 0.462 e. The first-order chi connectivity index (χ1) is 10.0. The van der Waals surface area contributed by atoms with Crippen molar-refractivity contribution in [3.05, 3.63) is 51.9 Å². The van der Waals surface area contributed by atoms with Gasteiger partial charge in [-0.2, -0.15) is 0 Å². The fraction of sp³-hybridized carbons (Fsp3) is 0.250. The topological polar surface area (TPSA) is 55.4 Å². The predicted molar refractivity (Wildman–Crippen MR) is 84.1 cm³/mol. The molecule has 0 saturated carbocycles. The number of carbonyl (C=O) groups is 2. The molecule has 0 unspecified atom stereocenters. The van der Waals surface area contributed by atoms with Crippen molar-refractivity contribution in [2.45, 2.75) is 20.8 Å². The van der Waals surface area contributed by atoms with Crippen molar-refractivity contribution < 1.29 is 14.3 Å². The first-order valence-corrected chi connectivity index (χ1v) is 7.54. The summed E-state index contributed by atoms with van der Waals surface area (Å²) in [5.74, 6) is -0.643. The number of rotatable bonds is 4. The monoisotopic (exact) mass is 303 g/mol. The van der Waals surface area contributed by atoms with E-state index in [9.17, 15) is 9.59 Å². The molecule has 110 valence electrons. The van der Waals surface area contributed by atoms with E-state index >= 15 is 0 Å². The molecule has 2 rings (SSSR count). The summed E-state index contributed by atoms with van der Waals surface area (Å²) < 4.78 is 4.97. The van der Waals surface area contributed by atoms with Gasteiger partial charge in [0.2, 0.25) is 0 Å². The van der Waals surface area contributed by atoms with Gasteiger partial charge in [-0.05, 0) is 43.8 Å². The number of amides is 1. The minimum absolute atomic E-state index is 0.222. The third kappa shape index (κ3) is 3.49. The molecule has 1 aromatic heterocycles. The van der Waals surface area contributed by atoms with Gasteiger partial charge in [0.05, 0.1) is 12.2 Å². The standard InChI is InChI=1S/C16H17NO3S/c1-4-20-16(19)13-7-8-21-15(13)17-14(18)12-6-5-10(2)9-11(12)3/h5-9H,4H2,1-3H3,(H,17,18). The highest BCUT2D eigenvalue weighted by atomic mass is 32.1. The minimum Gasteiger partial charge on any atom is -0.462 e. The number of anilines is 1. The van der Waals surface area contributed by atoms with E-state index in [0.717, 1.165) is 11.1 Å². The zero-order valence-corrected chi connectivity index (χ0v) is 13.0. The number of thiophene rings is 1. The third-order valence-corrected chi connectivity index (χ3v) is 3.84. The number of benzene rings is 1. The van der Waals surface area contributed by atoms with Gasteiger partial charge in [0.25, 0.3) is 5.91 Å². The Morgan fingerprint density at radius 1 is 1.19 bits per heavy atom. The second kappa shape index (κ2) is 6.54. The summed E-state index contributed by atoms with van der Waals surface area (Å²) in [6.07, 6.45) is 0. The van der Waals surface area contributed by atoms with Crippen LogP contribution in [0.5, 0.6) is 0 Å². The summed E-state index contributed by atoms with van der Waals surface area (Å²) in [6.45, 7) is 5.92. The molecule has 2 aromatic rings. The molecule has 1 amide bonds. The van der Waals surface area contributed by atoms with Crippen LogP contribution in [0.2, 0.25) is 0 Å². The normalized spacial score (nSPS) is 10.2. The second-order valence-electron chi connectivity index (χ2n) is 4.66. The smallest absolute Gasteiger partial charge is 0.341 e. The lowest BCUT2D eigenvalue weighted by Crippen LogP contribution is -2.15. The van der Waals surface area contributed by atoms with Gasteiger partial charge in [-0.3, -0.25) is 4.79 Å². The van der Waals surface area contributed by atoms with Crippen molar-refractivity contribution in [2.24, 2.45) is 0 Å².